The van der Waals surface area contributed by atoms with Gasteiger partial charge in [0.25, 0.3) is 11.8 Å². The van der Waals surface area contributed by atoms with E-state index in [1.54, 1.807) is 0 Å². The fraction of sp³-hybridized carbons (Fsp3) is 0.727. The van der Waals surface area contributed by atoms with Crippen molar-refractivity contribution in [3.8, 4) is 0 Å². The summed E-state index contributed by atoms with van der Waals surface area (Å²) in [7, 11) is 0. The Morgan fingerprint density at radius 1 is 1.28 bits per heavy atom. The number of imide groups is 1. The summed E-state index contributed by atoms with van der Waals surface area (Å²) >= 11 is 4.87. The number of nitrogens with zero attached hydrogens (tertiary/aromatic N) is 2. The molecule has 100 valence electrons. The number of ether oxygens (including phenoxy) is 1. The van der Waals surface area contributed by atoms with Gasteiger partial charge in [-0.2, -0.15) is 0 Å². The van der Waals surface area contributed by atoms with E-state index in [1.807, 2.05) is 0 Å². The van der Waals surface area contributed by atoms with Crippen LogP contribution in [0.1, 0.15) is 12.8 Å². The molecule has 0 aromatic heterocycles. The molecule has 0 aromatic rings. The van der Waals surface area contributed by atoms with Crippen LogP contribution in [0.25, 0.3) is 0 Å². The molecule has 6 nitrogen and oxygen atoms in total. The number of amides is 2. The largest absolute Gasteiger partial charge is 0.392 e. The molecule has 2 aliphatic rings. The van der Waals surface area contributed by atoms with Crippen LogP contribution in [0.2, 0.25) is 0 Å². The van der Waals surface area contributed by atoms with Gasteiger partial charge in [-0.05, 0) is 12.8 Å². The molecule has 0 unspecified atom stereocenters. The SMILES string of the molecule is NC(=S)CN1CCC(N2C(=O)COCC2=O)CC1. The summed E-state index contributed by atoms with van der Waals surface area (Å²) in [6.45, 7) is 2.24. The first-order valence-corrected chi connectivity index (χ1v) is 6.42. The van der Waals surface area contributed by atoms with E-state index in [-0.39, 0.29) is 31.1 Å². The van der Waals surface area contributed by atoms with Crippen molar-refractivity contribution >= 4 is 29.0 Å². The maximum Gasteiger partial charge on any atom is 0.255 e. The number of carbonyl (C=O) groups excluding carboxylic acids is 2. The zero-order valence-electron chi connectivity index (χ0n) is 10.1. The molecular formula is C11H17N3O3S. The van der Waals surface area contributed by atoms with Gasteiger partial charge in [0.05, 0.1) is 4.99 Å². The van der Waals surface area contributed by atoms with Gasteiger partial charge in [0, 0.05) is 25.7 Å². The summed E-state index contributed by atoms with van der Waals surface area (Å²) in [6.07, 6.45) is 1.56. The number of thiocarbonyl (C=S) groups is 1. The van der Waals surface area contributed by atoms with Gasteiger partial charge in [-0.15, -0.1) is 0 Å². The second-order valence-corrected chi connectivity index (χ2v) is 5.15. The highest BCUT2D eigenvalue weighted by atomic mass is 32.1. The average Bonchev–Trinajstić information content (AvgIpc) is 2.30. The maximum absolute atomic E-state index is 11.7. The van der Waals surface area contributed by atoms with Crippen molar-refractivity contribution in [2.45, 2.75) is 18.9 Å². The lowest BCUT2D eigenvalue weighted by Gasteiger charge is -2.38. The molecule has 2 saturated heterocycles. The second-order valence-electron chi connectivity index (χ2n) is 4.62. The summed E-state index contributed by atoms with van der Waals surface area (Å²) in [4.78, 5) is 27.4. The lowest BCUT2D eigenvalue weighted by Crippen LogP contribution is -2.55. The van der Waals surface area contributed by atoms with Crippen molar-refractivity contribution in [2.24, 2.45) is 5.73 Å². The van der Waals surface area contributed by atoms with E-state index in [1.165, 1.54) is 4.90 Å². The molecule has 0 aliphatic carbocycles. The Morgan fingerprint density at radius 3 is 2.33 bits per heavy atom. The van der Waals surface area contributed by atoms with E-state index >= 15 is 0 Å². The fourth-order valence-corrected chi connectivity index (χ4v) is 2.65. The van der Waals surface area contributed by atoms with Crippen LogP contribution in [0.4, 0.5) is 0 Å². The monoisotopic (exact) mass is 271 g/mol. The van der Waals surface area contributed by atoms with Crippen molar-refractivity contribution < 1.29 is 14.3 Å². The molecule has 2 N–H and O–H groups in total. The number of carbonyl (C=O) groups is 2. The first kappa shape index (κ1) is 13.4. The van der Waals surface area contributed by atoms with Crippen LogP contribution in [-0.2, 0) is 14.3 Å². The number of nitrogens with two attached hydrogens (primary N) is 1. The normalized spacial score (nSPS) is 23.4. The summed E-state index contributed by atoms with van der Waals surface area (Å²) in [5.74, 6) is -0.446. The maximum atomic E-state index is 11.7. The van der Waals surface area contributed by atoms with Gasteiger partial charge < -0.3 is 10.5 Å². The molecule has 2 fully saturated rings. The van der Waals surface area contributed by atoms with Crippen LogP contribution in [0.15, 0.2) is 0 Å². The van der Waals surface area contributed by atoms with E-state index in [0.717, 1.165) is 25.9 Å². The van der Waals surface area contributed by atoms with Crippen LogP contribution in [0.3, 0.4) is 0 Å². The van der Waals surface area contributed by atoms with Crippen LogP contribution >= 0.6 is 12.2 Å². The Kier molecular flexibility index (Phi) is 4.26. The third-order valence-electron chi connectivity index (χ3n) is 3.29. The van der Waals surface area contributed by atoms with Gasteiger partial charge in [0.2, 0.25) is 0 Å². The average molecular weight is 271 g/mol. The third kappa shape index (κ3) is 3.04. The van der Waals surface area contributed by atoms with Crippen LogP contribution < -0.4 is 5.73 Å². The minimum atomic E-state index is -0.223. The highest BCUT2D eigenvalue weighted by Crippen LogP contribution is 2.18. The van der Waals surface area contributed by atoms with E-state index in [9.17, 15) is 9.59 Å². The summed E-state index contributed by atoms with van der Waals surface area (Å²) in [5.41, 5.74) is 5.50. The molecule has 0 radical (unpaired) electrons. The minimum absolute atomic E-state index is 0.00324. The van der Waals surface area contributed by atoms with Gasteiger partial charge in [-0.25, -0.2) is 0 Å². The fourth-order valence-electron chi connectivity index (χ4n) is 2.47. The number of rotatable bonds is 3. The molecule has 0 aromatic carbocycles. The Morgan fingerprint density at radius 2 is 1.83 bits per heavy atom. The lowest BCUT2D eigenvalue weighted by atomic mass is 10.0. The van der Waals surface area contributed by atoms with Crippen molar-refractivity contribution in [2.75, 3.05) is 32.8 Å². The predicted octanol–water partition coefficient (Wildman–Crippen LogP) is -0.878. The number of likely N-dealkylation sites (tertiary alicyclic amines) is 1. The standard InChI is InChI=1S/C11H17N3O3S/c12-9(18)5-13-3-1-8(2-4-13)14-10(15)6-17-7-11(14)16/h8H,1-7H2,(H2,12,18). The minimum Gasteiger partial charge on any atom is -0.392 e. The molecule has 2 aliphatic heterocycles. The molecule has 7 heteroatoms. The molecule has 2 rings (SSSR count). The van der Waals surface area contributed by atoms with E-state index in [2.05, 4.69) is 4.90 Å². The highest BCUT2D eigenvalue weighted by molar-refractivity contribution is 7.80. The topological polar surface area (TPSA) is 75.9 Å². The second kappa shape index (κ2) is 5.73. The first-order chi connectivity index (χ1) is 8.58. The van der Waals surface area contributed by atoms with Crippen LogP contribution in [-0.4, -0.2) is 65.5 Å². The Labute approximate surface area is 111 Å². The number of piperidine rings is 1. The molecule has 0 atom stereocenters. The van der Waals surface area contributed by atoms with Crippen LogP contribution in [0, 0.1) is 0 Å². The number of hydrogen-bond acceptors (Lipinski definition) is 5. The van der Waals surface area contributed by atoms with Gasteiger partial charge in [-0.3, -0.25) is 19.4 Å². The van der Waals surface area contributed by atoms with Gasteiger partial charge in [0.15, 0.2) is 0 Å². The van der Waals surface area contributed by atoms with Crippen molar-refractivity contribution in [3.05, 3.63) is 0 Å². The number of hydrogen-bond donors (Lipinski definition) is 1. The van der Waals surface area contributed by atoms with Gasteiger partial charge in [-0.1, -0.05) is 12.2 Å². The smallest absolute Gasteiger partial charge is 0.255 e. The Hall–Kier alpha value is -1.05. The molecule has 2 heterocycles. The molecule has 0 spiro atoms. The quantitative estimate of drug-likeness (QED) is 0.531. The predicted molar refractivity (Wildman–Crippen MR) is 68.9 cm³/mol. The zero-order chi connectivity index (χ0) is 13.1. The van der Waals surface area contributed by atoms with Crippen LogP contribution in [0.5, 0.6) is 0 Å². The molecule has 0 saturated carbocycles. The van der Waals surface area contributed by atoms with Gasteiger partial charge >= 0.3 is 0 Å². The summed E-state index contributed by atoms with van der Waals surface area (Å²) in [5, 5.41) is 0. The molecule has 0 bridgehead atoms. The molecular weight excluding hydrogens is 254 g/mol. The first-order valence-electron chi connectivity index (χ1n) is 6.01. The van der Waals surface area contributed by atoms with Crippen molar-refractivity contribution in [1.82, 2.24) is 9.80 Å². The van der Waals surface area contributed by atoms with E-state index in [4.69, 9.17) is 22.7 Å². The van der Waals surface area contributed by atoms with E-state index in [0.29, 0.717) is 11.5 Å². The molecule has 18 heavy (non-hydrogen) atoms. The van der Waals surface area contributed by atoms with E-state index < -0.39 is 0 Å². The Bertz CT molecular complexity index is 351. The zero-order valence-corrected chi connectivity index (χ0v) is 10.9. The number of morpholine rings is 1. The summed E-state index contributed by atoms with van der Waals surface area (Å²) < 4.78 is 4.90. The Balaban J connectivity index is 1.90. The highest BCUT2D eigenvalue weighted by Gasteiger charge is 2.34. The lowest BCUT2D eigenvalue weighted by molar-refractivity contribution is -0.162. The van der Waals surface area contributed by atoms with Crippen molar-refractivity contribution in [3.63, 3.8) is 0 Å². The summed E-state index contributed by atoms with van der Waals surface area (Å²) in [6, 6.07) is -0.00324. The third-order valence-corrected chi connectivity index (χ3v) is 3.42. The van der Waals surface area contributed by atoms with Crippen molar-refractivity contribution in [1.29, 1.82) is 0 Å². The van der Waals surface area contributed by atoms with Gasteiger partial charge in [0.1, 0.15) is 13.2 Å². The molecule has 2 amide bonds.